The lowest BCUT2D eigenvalue weighted by molar-refractivity contribution is 0.178. The topological polar surface area (TPSA) is 20.2 Å². The van der Waals surface area contributed by atoms with Gasteiger partial charge in [-0.05, 0) is 43.0 Å². The summed E-state index contributed by atoms with van der Waals surface area (Å²) in [7, 11) is 0. The molecule has 0 fully saturated rings. The third-order valence-corrected chi connectivity index (χ3v) is 4.07. The zero-order chi connectivity index (χ0) is 11.6. The average Bonchev–Trinajstić information content (AvgIpc) is 2.13. The van der Waals surface area contributed by atoms with Crippen molar-refractivity contribution in [3.05, 3.63) is 33.3 Å². The van der Waals surface area contributed by atoms with Gasteiger partial charge in [0.2, 0.25) is 0 Å². The quantitative estimate of drug-likeness (QED) is 0.834. The Bertz CT molecular complexity index is 324. The number of benzene rings is 1. The molecule has 0 radical (unpaired) electrons. The lowest BCUT2D eigenvalue weighted by atomic mass is 10.0. The molecule has 0 aliphatic rings. The molecule has 1 aromatic carbocycles. The van der Waals surface area contributed by atoms with Gasteiger partial charge in [0.25, 0.3) is 0 Å². The largest absolute Gasteiger partial charge is 0.392 e. The van der Waals surface area contributed by atoms with Gasteiger partial charge < -0.3 is 5.11 Å². The molecule has 0 aliphatic carbocycles. The Balaban J connectivity index is 2.88. The molecule has 0 saturated carbocycles. The fourth-order valence-corrected chi connectivity index (χ4v) is 2.20. The summed E-state index contributed by atoms with van der Waals surface area (Å²) in [5.41, 5.74) is 3.69. The standard InChI is InChI=1S/C12H16Br2O/c1-7-4-10(5-11(14)8(7)2)6-12(15)9(3)13/h4-5,9,12,15H,6H2,1-3H3. The van der Waals surface area contributed by atoms with Gasteiger partial charge in [0.1, 0.15) is 0 Å². The maximum atomic E-state index is 9.77. The highest BCUT2D eigenvalue weighted by molar-refractivity contribution is 9.10. The van der Waals surface area contributed by atoms with E-state index in [1.54, 1.807) is 0 Å². The van der Waals surface area contributed by atoms with Crippen molar-refractivity contribution in [1.29, 1.82) is 0 Å². The minimum Gasteiger partial charge on any atom is -0.392 e. The summed E-state index contributed by atoms with van der Waals surface area (Å²) in [5, 5.41) is 9.77. The number of aliphatic hydroxyl groups excluding tert-OH is 1. The van der Waals surface area contributed by atoms with Crippen LogP contribution in [0.25, 0.3) is 0 Å². The number of alkyl halides is 1. The molecule has 1 aromatic rings. The van der Waals surface area contributed by atoms with Crippen molar-refractivity contribution < 1.29 is 5.11 Å². The Morgan fingerprint density at radius 2 is 1.93 bits per heavy atom. The molecule has 0 aromatic heterocycles. The van der Waals surface area contributed by atoms with Crippen LogP contribution in [0.2, 0.25) is 0 Å². The molecule has 0 amide bonds. The molecule has 15 heavy (non-hydrogen) atoms. The van der Waals surface area contributed by atoms with Crippen molar-refractivity contribution >= 4 is 31.9 Å². The normalized spacial score (nSPS) is 15.1. The number of aliphatic hydroxyl groups is 1. The predicted octanol–water partition coefficient (Wildman–Crippen LogP) is 3.75. The van der Waals surface area contributed by atoms with Gasteiger partial charge >= 0.3 is 0 Å². The van der Waals surface area contributed by atoms with E-state index in [9.17, 15) is 5.11 Å². The molecule has 0 aliphatic heterocycles. The molecule has 0 bridgehead atoms. The van der Waals surface area contributed by atoms with Crippen LogP contribution in [0, 0.1) is 13.8 Å². The number of aryl methyl sites for hydroxylation is 1. The number of hydrogen-bond acceptors (Lipinski definition) is 1. The van der Waals surface area contributed by atoms with Crippen LogP contribution < -0.4 is 0 Å². The summed E-state index contributed by atoms with van der Waals surface area (Å²) in [6.45, 7) is 6.14. The van der Waals surface area contributed by atoms with Crippen LogP contribution in [0.4, 0.5) is 0 Å². The van der Waals surface area contributed by atoms with E-state index in [-0.39, 0.29) is 10.9 Å². The third kappa shape index (κ3) is 3.58. The fourth-order valence-electron chi connectivity index (χ4n) is 1.41. The molecular formula is C12H16Br2O. The van der Waals surface area contributed by atoms with E-state index in [2.05, 4.69) is 57.8 Å². The van der Waals surface area contributed by atoms with Crippen LogP contribution in [-0.2, 0) is 6.42 Å². The summed E-state index contributed by atoms with van der Waals surface area (Å²) in [6, 6.07) is 4.22. The van der Waals surface area contributed by atoms with E-state index in [0.717, 1.165) is 4.47 Å². The highest BCUT2D eigenvalue weighted by atomic mass is 79.9. The molecule has 84 valence electrons. The van der Waals surface area contributed by atoms with Crippen LogP contribution in [0.15, 0.2) is 16.6 Å². The second-order valence-electron chi connectivity index (χ2n) is 3.97. The zero-order valence-corrected chi connectivity index (χ0v) is 12.4. The first-order valence-corrected chi connectivity index (χ1v) is 6.70. The highest BCUT2D eigenvalue weighted by Crippen LogP contribution is 2.23. The molecule has 1 N–H and O–H groups in total. The number of hydrogen-bond donors (Lipinski definition) is 1. The van der Waals surface area contributed by atoms with Gasteiger partial charge in [-0.1, -0.05) is 44.8 Å². The van der Waals surface area contributed by atoms with Gasteiger partial charge in [0.05, 0.1) is 6.10 Å². The van der Waals surface area contributed by atoms with Gasteiger partial charge in [-0.2, -0.15) is 0 Å². The SMILES string of the molecule is Cc1cc(CC(O)C(C)Br)cc(Br)c1C. The second kappa shape index (κ2) is 5.46. The van der Waals surface area contributed by atoms with E-state index in [1.165, 1.54) is 16.7 Å². The van der Waals surface area contributed by atoms with Gasteiger partial charge in [-0.25, -0.2) is 0 Å². The molecule has 1 rings (SSSR count). The van der Waals surface area contributed by atoms with Crippen LogP contribution in [0.3, 0.4) is 0 Å². The zero-order valence-electron chi connectivity index (χ0n) is 9.22. The molecule has 0 heterocycles. The molecular weight excluding hydrogens is 320 g/mol. The Hall–Kier alpha value is 0.140. The van der Waals surface area contributed by atoms with Crippen molar-refractivity contribution in [2.75, 3.05) is 0 Å². The van der Waals surface area contributed by atoms with Crippen LogP contribution in [0.1, 0.15) is 23.6 Å². The Morgan fingerprint density at radius 1 is 1.33 bits per heavy atom. The Labute approximate surface area is 108 Å². The summed E-state index contributed by atoms with van der Waals surface area (Å²) in [5.74, 6) is 0. The maximum Gasteiger partial charge on any atom is 0.0702 e. The number of halogens is 2. The van der Waals surface area contributed by atoms with E-state index in [0.29, 0.717) is 6.42 Å². The number of rotatable bonds is 3. The average molecular weight is 336 g/mol. The lowest BCUT2D eigenvalue weighted by Crippen LogP contribution is -2.20. The first-order chi connectivity index (χ1) is 6.91. The maximum absolute atomic E-state index is 9.77. The second-order valence-corrected chi connectivity index (χ2v) is 6.27. The van der Waals surface area contributed by atoms with Gasteiger partial charge in [0.15, 0.2) is 0 Å². The molecule has 2 atom stereocenters. The van der Waals surface area contributed by atoms with E-state index in [4.69, 9.17) is 0 Å². The van der Waals surface area contributed by atoms with Crippen LogP contribution >= 0.6 is 31.9 Å². The van der Waals surface area contributed by atoms with Gasteiger partial charge in [-0.3, -0.25) is 0 Å². The molecule has 2 unspecified atom stereocenters. The van der Waals surface area contributed by atoms with E-state index < -0.39 is 0 Å². The fraction of sp³-hybridized carbons (Fsp3) is 0.500. The van der Waals surface area contributed by atoms with Crippen LogP contribution in [0.5, 0.6) is 0 Å². The third-order valence-electron chi connectivity index (χ3n) is 2.64. The lowest BCUT2D eigenvalue weighted by Gasteiger charge is -2.14. The predicted molar refractivity (Wildman–Crippen MR) is 71.7 cm³/mol. The molecule has 0 spiro atoms. The Morgan fingerprint density at radius 3 is 2.40 bits per heavy atom. The minimum absolute atomic E-state index is 0.123. The first kappa shape index (κ1) is 13.2. The Kier molecular flexibility index (Phi) is 4.81. The van der Waals surface area contributed by atoms with Crippen molar-refractivity contribution in [2.45, 2.75) is 38.1 Å². The van der Waals surface area contributed by atoms with Crippen molar-refractivity contribution in [3.8, 4) is 0 Å². The summed E-state index contributed by atoms with van der Waals surface area (Å²) in [6.07, 6.45) is 0.352. The molecule has 3 heteroatoms. The van der Waals surface area contributed by atoms with Gasteiger partial charge in [0, 0.05) is 9.30 Å². The summed E-state index contributed by atoms with van der Waals surface area (Å²) < 4.78 is 1.12. The summed E-state index contributed by atoms with van der Waals surface area (Å²) in [4.78, 5) is 0.123. The van der Waals surface area contributed by atoms with Gasteiger partial charge in [-0.15, -0.1) is 0 Å². The van der Waals surface area contributed by atoms with E-state index >= 15 is 0 Å². The highest BCUT2D eigenvalue weighted by Gasteiger charge is 2.12. The minimum atomic E-state index is -0.334. The first-order valence-electron chi connectivity index (χ1n) is 4.99. The smallest absolute Gasteiger partial charge is 0.0702 e. The monoisotopic (exact) mass is 334 g/mol. The van der Waals surface area contributed by atoms with E-state index in [1.807, 2.05) is 6.92 Å². The molecule has 1 nitrogen and oxygen atoms in total. The summed E-state index contributed by atoms with van der Waals surface area (Å²) >= 11 is 6.92. The molecule has 0 saturated heterocycles. The van der Waals surface area contributed by atoms with Crippen LogP contribution in [-0.4, -0.2) is 16.0 Å². The van der Waals surface area contributed by atoms with Crippen molar-refractivity contribution in [1.82, 2.24) is 0 Å². The van der Waals surface area contributed by atoms with Crippen molar-refractivity contribution in [3.63, 3.8) is 0 Å². The van der Waals surface area contributed by atoms with Crippen molar-refractivity contribution in [2.24, 2.45) is 0 Å².